The van der Waals surface area contributed by atoms with Gasteiger partial charge in [0.1, 0.15) is 0 Å². The number of nitrogens with zero attached hydrogens (tertiary/aromatic N) is 7. The Bertz CT molecular complexity index is 1180. The van der Waals surface area contributed by atoms with Crippen molar-refractivity contribution in [3.63, 3.8) is 0 Å². The Labute approximate surface area is 177 Å². The van der Waals surface area contributed by atoms with Crippen molar-refractivity contribution in [3.8, 4) is 5.88 Å². The zero-order valence-corrected chi connectivity index (χ0v) is 17.4. The molecule has 0 spiro atoms. The summed E-state index contributed by atoms with van der Waals surface area (Å²) in [5.74, 6) is 0.344. The Balaban J connectivity index is 1.58. The maximum Gasteiger partial charge on any atom is 0.220 e. The first-order valence-corrected chi connectivity index (χ1v) is 10.3. The number of aliphatic hydroxyl groups excluding tert-OH is 1. The van der Waals surface area contributed by atoms with Crippen molar-refractivity contribution in [3.05, 3.63) is 54.1 Å². The number of fused-ring (bicyclic) bond motifs is 1. The molecule has 0 radical (unpaired) electrons. The number of azo groups is 1. The number of tetrazole rings is 1. The smallest absolute Gasteiger partial charge is 0.220 e. The molecule has 2 aromatic heterocycles. The van der Waals surface area contributed by atoms with E-state index in [0.29, 0.717) is 22.3 Å². The number of aryl methyl sites for hydroxylation is 2. The van der Waals surface area contributed by atoms with E-state index in [1.165, 1.54) is 11.8 Å². The molecule has 1 atom stereocenters. The van der Waals surface area contributed by atoms with Gasteiger partial charge in [0.25, 0.3) is 0 Å². The van der Waals surface area contributed by atoms with Crippen molar-refractivity contribution < 1.29 is 10.2 Å². The third kappa shape index (κ3) is 4.19. The van der Waals surface area contributed by atoms with Crippen LogP contribution in [0.25, 0.3) is 10.9 Å². The molecule has 9 nitrogen and oxygen atoms in total. The molecule has 0 saturated heterocycles. The first-order valence-electron chi connectivity index (χ1n) is 9.34. The van der Waals surface area contributed by atoms with Gasteiger partial charge in [0.15, 0.2) is 5.69 Å². The van der Waals surface area contributed by atoms with E-state index < -0.39 is 6.10 Å². The van der Waals surface area contributed by atoms with Gasteiger partial charge in [0, 0.05) is 18.2 Å². The monoisotopic (exact) mass is 423 g/mol. The normalized spacial score (nSPS) is 12.8. The molecule has 0 aliphatic carbocycles. The lowest BCUT2D eigenvalue weighted by Gasteiger charge is -2.12. The fourth-order valence-corrected chi connectivity index (χ4v) is 3.82. The van der Waals surface area contributed by atoms with Crippen LogP contribution >= 0.6 is 11.8 Å². The summed E-state index contributed by atoms with van der Waals surface area (Å²) in [6, 6.07) is 15.2. The molecule has 0 fully saturated rings. The number of hydrogen-bond donors (Lipinski definition) is 2. The van der Waals surface area contributed by atoms with Gasteiger partial charge in [0.2, 0.25) is 11.0 Å². The van der Waals surface area contributed by atoms with Gasteiger partial charge < -0.3 is 14.8 Å². The van der Waals surface area contributed by atoms with Crippen LogP contribution in [-0.4, -0.2) is 46.8 Å². The quantitative estimate of drug-likeness (QED) is 0.346. The molecule has 2 aromatic carbocycles. The standard InChI is InChI=1S/C20H21N7O2S/c1-13-7-9-14(10-8-13)21-22-18-16-5-3-4-6-17(16)27(19(18)29)11-15(28)12-30-20-23-24-25-26(20)2/h3-10,15,28-29H,11-12H2,1-2H3. The van der Waals surface area contributed by atoms with Crippen LogP contribution in [0, 0.1) is 6.92 Å². The van der Waals surface area contributed by atoms with Gasteiger partial charge in [-0.3, -0.25) is 0 Å². The molecule has 10 heteroatoms. The molecule has 0 aliphatic heterocycles. The molecule has 0 saturated carbocycles. The van der Waals surface area contributed by atoms with Crippen LogP contribution in [0.5, 0.6) is 5.88 Å². The predicted octanol–water partition coefficient (Wildman–Crippen LogP) is 3.75. The molecule has 4 rings (SSSR count). The lowest BCUT2D eigenvalue weighted by molar-refractivity contribution is 0.175. The summed E-state index contributed by atoms with van der Waals surface area (Å²) in [5.41, 5.74) is 2.99. The minimum atomic E-state index is -0.727. The molecule has 1 unspecified atom stereocenters. The van der Waals surface area contributed by atoms with Crippen LogP contribution in [0.3, 0.4) is 0 Å². The minimum absolute atomic E-state index is 0.0311. The van der Waals surface area contributed by atoms with Crippen molar-refractivity contribution in [1.29, 1.82) is 0 Å². The van der Waals surface area contributed by atoms with E-state index in [0.717, 1.165) is 16.5 Å². The van der Waals surface area contributed by atoms with Gasteiger partial charge in [0.05, 0.1) is 23.9 Å². The van der Waals surface area contributed by atoms with Crippen molar-refractivity contribution in [2.75, 3.05) is 5.75 Å². The van der Waals surface area contributed by atoms with E-state index in [1.807, 2.05) is 55.5 Å². The van der Waals surface area contributed by atoms with Crippen LogP contribution in [0.1, 0.15) is 5.56 Å². The highest BCUT2D eigenvalue weighted by molar-refractivity contribution is 7.99. The molecule has 2 N–H and O–H groups in total. The third-order valence-electron chi connectivity index (χ3n) is 4.60. The second-order valence-electron chi connectivity index (χ2n) is 6.89. The Morgan fingerprint density at radius 1 is 1.10 bits per heavy atom. The Kier molecular flexibility index (Phi) is 5.77. The number of aliphatic hydroxyl groups is 1. The van der Waals surface area contributed by atoms with Gasteiger partial charge in [-0.2, -0.15) is 5.11 Å². The number of thioether (sulfide) groups is 1. The first kappa shape index (κ1) is 20.0. The number of para-hydroxylation sites is 1. The summed E-state index contributed by atoms with van der Waals surface area (Å²) < 4.78 is 3.20. The lowest BCUT2D eigenvalue weighted by Crippen LogP contribution is -2.18. The summed E-state index contributed by atoms with van der Waals surface area (Å²) in [5, 5.41) is 42.6. The second kappa shape index (κ2) is 8.64. The van der Waals surface area contributed by atoms with Gasteiger partial charge in [-0.1, -0.05) is 47.7 Å². The topological polar surface area (TPSA) is 114 Å². The Morgan fingerprint density at radius 2 is 1.87 bits per heavy atom. The van der Waals surface area contributed by atoms with E-state index in [9.17, 15) is 10.2 Å². The van der Waals surface area contributed by atoms with E-state index >= 15 is 0 Å². The van der Waals surface area contributed by atoms with Crippen LogP contribution in [0.15, 0.2) is 63.9 Å². The third-order valence-corrected chi connectivity index (χ3v) is 5.75. The van der Waals surface area contributed by atoms with Crippen LogP contribution in [-0.2, 0) is 13.6 Å². The summed E-state index contributed by atoms with van der Waals surface area (Å²) in [4.78, 5) is 0. The van der Waals surface area contributed by atoms with Gasteiger partial charge in [-0.25, -0.2) is 4.68 Å². The van der Waals surface area contributed by atoms with Crippen molar-refractivity contribution in [1.82, 2.24) is 24.8 Å². The lowest BCUT2D eigenvalue weighted by atomic mass is 10.2. The fourth-order valence-electron chi connectivity index (χ4n) is 3.05. The molecular formula is C20H21N7O2S. The number of aromatic nitrogens is 5. The van der Waals surface area contributed by atoms with Gasteiger partial charge in [-0.05, 0) is 35.5 Å². The number of benzene rings is 2. The summed E-state index contributed by atoms with van der Waals surface area (Å²) >= 11 is 1.35. The van der Waals surface area contributed by atoms with Crippen LogP contribution in [0.2, 0.25) is 0 Å². The second-order valence-corrected chi connectivity index (χ2v) is 7.87. The maximum atomic E-state index is 10.8. The predicted molar refractivity (Wildman–Crippen MR) is 114 cm³/mol. The molecular weight excluding hydrogens is 402 g/mol. The summed E-state index contributed by atoms with van der Waals surface area (Å²) in [6.07, 6.45) is -0.727. The molecule has 30 heavy (non-hydrogen) atoms. The van der Waals surface area contributed by atoms with Crippen molar-refractivity contribution >= 4 is 34.0 Å². The Morgan fingerprint density at radius 3 is 2.60 bits per heavy atom. The first-order chi connectivity index (χ1) is 14.5. The SMILES string of the molecule is Cc1ccc(N=Nc2c(O)n(CC(O)CSc3nnnn3C)c3ccccc23)cc1. The molecule has 0 bridgehead atoms. The zero-order valence-electron chi connectivity index (χ0n) is 16.5. The number of hydrogen-bond acceptors (Lipinski definition) is 8. The molecule has 4 aromatic rings. The van der Waals surface area contributed by atoms with E-state index in [4.69, 9.17) is 0 Å². The highest BCUT2D eigenvalue weighted by Crippen LogP contribution is 2.39. The average Bonchev–Trinajstić information content (AvgIpc) is 3.27. The van der Waals surface area contributed by atoms with E-state index in [-0.39, 0.29) is 12.4 Å². The van der Waals surface area contributed by atoms with E-state index in [1.54, 1.807) is 16.3 Å². The Hall–Kier alpha value is -3.24. The van der Waals surface area contributed by atoms with Gasteiger partial charge in [-0.15, -0.1) is 10.2 Å². The number of aromatic hydroxyl groups is 1. The highest BCUT2D eigenvalue weighted by Gasteiger charge is 2.19. The molecule has 0 aliphatic rings. The summed E-state index contributed by atoms with van der Waals surface area (Å²) in [7, 11) is 1.74. The van der Waals surface area contributed by atoms with Crippen molar-refractivity contribution in [2.45, 2.75) is 24.7 Å². The fraction of sp³-hybridized carbons (Fsp3) is 0.250. The van der Waals surface area contributed by atoms with Crippen LogP contribution < -0.4 is 0 Å². The zero-order chi connectivity index (χ0) is 21.1. The van der Waals surface area contributed by atoms with Gasteiger partial charge >= 0.3 is 0 Å². The minimum Gasteiger partial charge on any atom is -0.493 e. The molecule has 2 heterocycles. The van der Waals surface area contributed by atoms with E-state index in [2.05, 4.69) is 25.8 Å². The largest absolute Gasteiger partial charge is 0.493 e. The van der Waals surface area contributed by atoms with Crippen molar-refractivity contribution in [2.24, 2.45) is 17.3 Å². The summed E-state index contributed by atoms with van der Waals surface area (Å²) in [6.45, 7) is 2.20. The molecule has 154 valence electrons. The maximum absolute atomic E-state index is 10.8. The molecule has 0 amide bonds. The number of rotatable bonds is 7. The van der Waals surface area contributed by atoms with Crippen LogP contribution in [0.4, 0.5) is 11.4 Å². The average molecular weight is 424 g/mol. The highest BCUT2D eigenvalue weighted by atomic mass is 32.2.